The zero-order valence-electron chi connectivity index (χ0n) is 15.3. The Labute approximate surface area is 152 Å². The van der Waals surface area contributed by atoms with Crippen molar-refractivity contribution >= 4 is 11.6 Å². The number of carbonyl (C=O) groups excluding carboxylic acids is 1. The zero-order chi connectivity index (χ0) is 18.3. The second kappa shape index (κ2) is 6.44. The number of ether oxygens (including phenoxy) is 1. The molecule has 0 bridgehead atoms. The molecule has 26 heavy (non-hydrogen) atoms. The van der Waals surface area contributed by atoms with Crippen LogP contribution in [0.2, 0.25) is 0 Å². The minimum Gasteiger partial charge on any atom is -0.497 e. The summed E-state index contributed by atoms with van der Waals surface area (Å²) in [6.45, 7) is 4.65. The largest absolute Gasteiger partial charge is 0.497 e. The molecule has 134 valence electrons. The first-order valence-corrected chi connectivity index (χ1v) is 8.86. The minimum atomic E-state index is -0.0436. The van der Waals surface area contributed by atoms with Crippen LogP contribution >= 0.6 is 0 Å². The first kappa shape index (κ1) is 16.6. The number of hydrogen-bond donors (Lipinski definition) is 0. The maximum atomic E-state index is 13.1. The zero-order valence-corrected chi connectivity index (χ0v) is 15.3. The smallest absolute Gasteiger partial charge is 0.274 e. The second-order valence-electron chi connectivity index (χ2n) is 6.77. The maximum absolute atomic E-state index is 13.1. The van der Waals surface area contributed by atoms with Crippen LogP contribution in [0.5, 0.6) is 5.75 Å². The van der Waals surface area contributed by atoms with Gasteiger partial charge in [-0.2, -0.15) is 5.10 Å². The van der Waals surface area contributed by atoms with E-state index in [4.69, 9.17) is 4.74 Å². The predicted molar refractivity (Wildman–Crippen MR) is 98.5 cm³/mol. The molecular formula is C20H22N4O2. The molecule has 1 aliphatic heterocycles. The van der Waals surface area contributed by atoms with Crippen molar-refractivity contribution in [2.45, 2.75) is 32.7 Å². The Morgan fingerprint density at radius 1 is 1.23 bits per heavy atom. The number of carbonyl (C=O) groups is 1. The van der Waals surface area contributed by atoms with Crippen LogP contribution in [0.4, 0.5) is 0 Å². The maximum Gasteiger partial charge on any atom is 0.274 e. The molecule has 0 radical (unpaired) electrons. The summed E-state index contributed by atoms with van der Waals surface area (Å²) >= 11 is 0. The van der Waals surface area contributed by atoms with Gasteiger partial charge in [0.1, 0.15) is 5.75 Å². The molecule has 0 aliphatic carbocycles. The fourth-order valence-corrected chi connectivity index (χ4v) is 3.74. The number of fused-ring (bicyclic) bond motifs is 1. The molecule has 0 saturated carbocycles. The van der Waals surface area contributed by atoms with Crippen LogP contribution in [0.1, 0.15) is 46.3 Å². The van der Waals surface area contributed by atoms with Crippen molar-refractivity contribution in [2.24, 2.45) is 0 Å². The monoisotopic (exact) mass is 350 g/mol. The summed E-state index contributed by atoms with van der Waals surface area (Å²) in [7, 11) is 1.66. The van der Waals surface area contributed by atoms with Gasteiger partial charge in [0.15, 0.2) is 11.3 Å². The van der Waals surface area contributed by atoms with Crippen LogP contribution in [-0.2, 0) is 0 Å². The lowest BCUT2D eigenvalue weighted by Gasteiger charge is -2.24. The number of rotatable bonds is 3. The average molecular weight is 350 g/mol. The number of nitrogens with zero attached hydrogens (tertiary/aromatic N) is 4. The molecule has 6 nitrogen and oxygen atoms in total. The van der Waals surface area contributed by atoms with Crippen molar-refractivity contribution in [3.63, 3.8) is 0 Å². The molecule has 0 N–H and O–H groups in total. The number of aromatic nitrogens is 3. The Morgan fingerprint density at radius 3 is 2.88 bits per heavy atom. The number of benzene rings is 1. The van der Waals surface area contributed by atoms with E-state index in [1.807, 2.05) is 43.0 Å². The van der Waals surface area contributed by atoms with Crippen LogP contribution in [0, 0.1) is 13.8 Å². The van der Waals surface area contributed by atoms with Crippen LogP contribution < -0.4 is 4.74 Å². The van der Waals surface area contributed by atoms with Crippen molar-refractivity contribution in [3.8, 4) is 5.75 Å². The molecule has 3 aromatic rings. The third-order valence-electron chi connectivity index (χ3n) is 4.94. The van der Waals surface area contributed by atoms with Crippen molar-refractivity contribution in [1.29, 1.82) is 0 Å². The summed E-state index contributed by atoms with van der Waals surface area (Å²) in [5.41, 5.74) is 4.15. The summed E-state index contributed by atoms with van der Waals surface area (Å²) in [6, 6.07) is 11.7. The summed E-state index contributed by atoms with van der Waals surface area (Å²) in [6.07, 6.45) is 1.93. The highest BCUT2D eigenvalue weighted by Gasteiger charge is 2.32. The Hall–Kier alpha value is -2.89. The van der Waals surface area contributed by atoms with E-state index in [1.54, 1.807) is 17.7 Å². The average Bonchev–Trinajstić information content (AvgIpc) is 3.28. The number of methoxy groups -OCH3 is 1. The topological polar surface area (TPSA) is 59.7 Å². The van der Waals surface area contributed by atoms with E-state index in [0.717, 1.165) is 42.1 Å². The molecule has 2 aromatic heterocycles. The van der Waals surface area contributed by atoms with Crippen molar-refractivity contribution in [3.05, 3.63) is 59.0 Å². The molecule has 0 spiro atoms. The lowest BCUT2D eigenvalue weighted by atomic mass is 10.0. The van der Waals surface area contributed by atoms with Gasteiger partial charge in [-0.05, 0) is 50.5 Å². The van der Waals surface area contributed by atoms with Crippen LogP contribution in [-0.4, -0.2) is 39.1 Å². The van der Waals surface area contributed by atoms with Gasteiger partial charge < -0.3 is 9.64 Å². The lowest BCUT2D eigenvalue weighted by molar-refractivity contribution is 0.0729. The highest BCUT2D eigenvalue weighted by Crippen LogP contribution is 2.34. The van der Waals surface area contributed by atoms with Gasteiger partial charge >= 0.3 is 0 Å². The second-order valence-corrected chi connectivity index (χ2v) is 6.77. The lowest BCUT2D eigenvalue weighted by Crippen LogP contribution is -2.30. The van der Waals surface area contributed by atoms with Crippen LogP contribution in [0.3, 0.4) is 0 Å². The SMILES string of the molecule is COc1cccc([C@H]2CCCN2C(=O)c2cc3nc(C)cc(C)n3n2)c1. The Kier molecular flexibility index (Phi) is 4.11. The standard InChI is InChI=1S/C20H22N4O2/c1-13-10-14(2)24-19(21-13)12-17(22-24)20(25)23-9-5-8-18(23)15-6-4-7-16(11-15)26-3/h4,6-7,10-12,18H,5,8-9H2,1-3H3/t18-/m1/s1. The van der Waals surface area contributed by atoms with E-state index in [1.165, 1.54) is 0 Å². The fourth-order valence-electron chi connectivity index (χ4n) is 3.74. The van der Waals surface area contributed by atoms with E-state index in [-0.39, 0.29) is 11.9 Å². The van der Waals surface area contributed by atoms with Gasteiger partial charge in [-0.3, -0.25) is 4.79 Å². The molecule has 1 aliphatic rings. The van der Waals surface area contributed by atoms with E-state index in [9.17, 15) is 4.79 Å². The predicted octanol–water partition coefficient (Wildman–Crippen LogP) is 3.33. The van der Waals surface area contributed by atoms with E-state index >= 15 is 0 Å². The van der Waals surface area contributed by atoms with E-state index in [0.29, 0.717) is 11.3 Å². The molecule has 3 heterocycles. The number of likely N-dealkylation sites (tertiary alicyclic amines) is 1. The molecule has 1 fully saturated rings. The fraction of sp³-hybridized carbons (Fsp3) is 0.350. The molecule has 0 unspecified atom stereocenters. The van der Waals surface area contributed by atoms with Crippen LogP contribution in [0.15, 0.2) is 36.4 Å². The summed E-state index contributed by atoms with van der Waals surface area (Å²) in [5.74, 6) is 0.766. The van der Waals surface area contributed by atoms with Gasteiger partial charge in [0, 0.05) is 24.0 Å². The van der Waals surface area contributed by atoms with Crippen molar-refractivity contribution in [1.82, 2.24) is 19.5 Å². The van der Waals surface area contributed by atoms with E-state index in [2.05, 4.69) is 16.1 Å². The number of hydrogen-bond acceptors (Lipinski definition) is 4. The van der Waals surface area contributed by atoms with Gasteiger partial charge in [0.25, 0.3) is 5.91 Å². The Bertz CT molecular complexity index is 979. The van der Waals surface area contributed by atoms with Crippen molar-refractivity contribution in [2.75, 3.05) is 13.7 Å². The van der Waals surface area contributed by atoms with Crippen molar-refractivity contribution < 1.29 is 9.53 Å². The van der Waals surface area contributed by atoms with Gasteiger partial charge in [-0.15, -0.1) is 0 Å². The molecule has 6 heteroatoms. The van der Waals surface area contributed by atoms with Gasteiger partial charge in [-0.1, -0.05) is 12.1 Å². The normalized spacial score (nSPS) is 17.0. The number of amides is 1. The quantitative estimate of drug-likeness (QED) is 0.727. The third kappa shape index (κ3) is 2.81. The highest BCUT2D eigenvalue weighted by atomic mass is 16.5. The summed E-state index contributed by atoms with van der Waals surface area (Å²) in [5, 5.41) is 4.50. The Morgan fingerprint density at radius 2 is 2.08 bits per heavy atom. The summed E-state index contributed by atoms with van der Waals surface area (Å²) in [4.78, 5) is 19.5. The molecule has 1 aromatic carbocycles. The molecule has 1 atom stereocenters. The molecular weight excluding hydrogens is 328 g/mol. The number of aryl methyl sites for hydroxylation is 2. The van der Waals surface area contributed by atoms with Gasteiger partial charge in [0.05, 0.1) is 13.2 Å². The molecule has 1 amide bonds. The van der Waals surface area contributed by atoms with E-state index < -0.39 is 0 Å². The first-order chi connectivity index (χ1) is 12.6. The van der Waals surface area contributed by atoms with Gasteiger partial charge in [0.2, 0.25) is 0 Å². The minimum absolute atomic E-state index is 0.0436. The molecule has 1 saturated heterocycles. The summed E-state index contributed by atoms with van der Waals surface area (Å²) < 4.78 is 7.06. The third-order valence-corrected chi connectivity index (χ3v) is 4.94. The molecule has 4 rings (SSSR count). The van der Waals surface area contributed by atoms with Gasteiger partial charge in [-0.25, -0.2) is 9.50 Å². The Balaban J connectivity index is 1.67. The highest BCUT2D eigenvalue weighted by molar-refractivity contribution is 5.93. The van der Waals surface area contributed by atoms with Crippen LogP contribution in [0.25, 0.3) is 5.65 Å². The first-order valence-electron chi connectivity index (χ1n) is 8.86.